The predicted octanol–water partition coefficient (Wildman–Crippen LogP) is 2.30. The number of amides is 1. The summed E-state index contributed by atoms with van der Waals surface area (Å²) < 4.78 is 43.3. The third kappa shape index (κ3) is 4.19. The Morgan fingerprint density at radius 1 is 1.28 bits per heavy atom. The molecule has 0 N–H and O–H groups in total. The largest absolute Gasteiger partial charge is 0.416 e. The van der Waals surface area contributed by atoms with Gasteiger partial charge in [-0.1, -0.05) is 0 Å². The van der Waals surface area contributed by atoms with Crippen molar-refractivity contribution in [3.63, 3.8) is 0 Å². The molecule has 1 aliphatic heterocycles. The molecule has 0 aliphatic carbocycles. The third-order valence-electron chi connectivity index (χ3n) is 4.13. The van der Waals surface area contributed by atoms with Crippen molar-refractivity contribution in [2.45, 2.75) is 19.2 Å². The Labute approximate surface area is 142 Å². The van der Waals surface area contributed by atoms with Gasteiger partial charge in [0.1, 0.15) is 11.8 Å². The molecule has 0 saturated carbocycles. The average Bonchev–Trinajstić information content (AvgIpc) is 2.59. The van der Waals surface area contributed by atoms with Crippen molar-refractivity contribution < 1.29 is 27.6 Å². The number of alkyl halides is 3. The van der Waals surface area contributed by atoms with E-state index in [0.29, 0.717) is 19.2 Å². The molecule has 2 rings (SSSR count). The van der Waals surface area contributed by atoms with E-state index in [2.05, 4.69) is 0 Å². The fraction of sp³-hybridized carbons (Fsp3) is 0.533. The number of carbonyl (C=O) groups excluding carboxylic acids is 1. The number of nitrogens with zero attached hydrogens (tertiary/aromatic N) is 3. The molecule has 1 aromatic carbocycles. The van der Waals surface area contributed by atoms with Crippen LogP contribution in [0.2, 0.25) is 0 Å². The van der Waals surface area contributed by atoms with E-state index in [9.17, 15) is 28.1 Å². The Bertz CT molecular complexity index is 658. The van der Waals surface area contributed by atoms with E-state index >= 15 is 0 Å². The Kier molecular flexibility index (Phi) is 5.51. The van der Waals surface area contributed by atoms with Crippen LogP contribution in [-0.2, 0) is 15.7 Å². The maximum atomic E-state index is 12.8. The van der Waals surface area contributed by atoms with Gasteiger partial charge in [0.2, 0.25) is 0 Å². The van der Waals surface area contributed by atoms with Crippen molar-refractivity contribution in [3.05, 3.63) is 33.9 Å². The number of halogens is 3. The number of methoxy groups -OCH3 is 1. The second-order valence-corrected chi connectivity index (χ2v) is 5.65. The van der Waals surface area contributed by atoms with Crippen molar-refractivity contribution in [1.82, 2.24) is 4.90 Å². The van der Waals surface area contributed by atoms with Gasteiger partial charge in [0.25, 0.3) is 11.6 Å². The van der Waals surface area contributed by atoms with Gasteiger partial charge in [0.05, 0.1) is 10.5 Å². The first-order chi connectivity index (χ1) is 11.6. The van der Waals surface area contributed by atoms with E-state index in [1.165, 1.54) is 7.11 Å². The van der Waals surface area contributed by atoms with Crippen LogP contribution in [0.5, 0.6) is 0 Å². The van der Waals surface area contributed by atoms with E-state index in [1.54, 1.807) is 16.7 Å². The van der Waals surface area contributed by atoms with Crippen LogP contribution in [0.4, 0.5) is 24.5 Å². The van der Waals surface area contributed by atoms with Crippen LogP contribution >= 0.6 is 0 Å². The molecule has 1 amide bonds. The maximum absolute atomic E-state index is 12.8. The highest BCUT2D eigenvalue weighted by atomic mass is 19.4. The smallest absolute Gasteiger partial charge is 0.372 e. The summed E-state index contributed by atoms with van der Waals surface area (Å²) in [6.45, 7) is 2.81. The second kappa shape index (κ2) is 7.26. The maximum Gasteiger partial charge on any atom is 0.416 e. The lowest BCUT2D eigenvalue weighted by molar-refractivity contribution is -0.384. The number of nitro benzene ring substituents is 1. The number of nitro groups is 1. The number of hydrogen-bond acceptors (Lipinski definition) is 5. The fourth-order valence-electron chi connectivity index (χ4n) is 2.64. The zero-order chi connectivity index (χ0) is 18.8. The van der Waals surface area contributed by atoms with Crippen LogP contribution in [0, 0.1) is 10.1 Å². The van der Waals surface area contributed by atoms with Gasteiger partial charge < -0.3 is 14.5 Å². The summed E-state index contributed by atoms with van der Waals surface area (Å²) in [6, 6.07) is 2.48. The number of benzene rings is 1. The summed E-state index contributed by atoms with van der Waals surface area (Å²) in [5.74, 6) is -0.191. The van der Waals surface area contributed by atoms with E-state index in [-0.39, 0.29) is 24.7 Å². The molecule has 1 unspecified atom stereocenters. The lowest BCUT2D eigenvalue weighted by Crippen LogP contribution is -2.51. The monoisotopic (exact) mass is 361 g/mol. The topological polar surface area (TPSA) is 75.9 Å². The number of ether oxygens (including phenoxy) is 1. The lowest BCUT2D eigenvalue weighted by atomic mass is 10.1. The first-order valence-electron chi connectivity index (χ1n) is 7.57. The molecule has 1 heterocycles. The van der Waals surface area contributed by atoms with Gasteiger partial charge in [-0.3, -0.25) is 14.9 Å². The van der Waals surface area contributed by atoms with Crippen LogP contribution in [-0.4, -0.2) is 55.1 Å². The molecule has 10 heteroatoms. The van der Waals surface area contributed by atoms with Gasteiger partial charge in [-0.05, 0) is 19.1 Å². The quantitative estimate of drug-likeness (QED) is 0.608. The normalized spacial score (nSPS) is 16.7. The molecular formula is C15H18F3N3O4. The summed E-state index contributed by atoms with van der Waals surface area (Å²) in [4.78, 5) is 25.6. The van der Waals surface area contributed by atoms with Crippen molar-refractivity contribution in [1.29, 1.82) is 0 Å². The third-order valence-corrected chi connectivity index (χ3v) is 4.13. The predicted molar refractivity (Wildman–Crippen MR) is 83.4 cm³/mol. The zero-order valence-electron chi connectivity index (χ0n) is 13.7. The van der Waals surface area contributed by atoms with Crippen LogP contribution in [0.15, 0.2) is 18.2 Å². The zero-order valence-corrected chi connectivity index (χ0v) is 13.7. The number of rotatable bonds is 4. The SMILES string of the molecule is COC(C)C(=O)N1CCN(c2ccc(C(F)(F)F)cc2[N+](=O)[O-])CC1. The summed E-state index contributed by atoms with van der Waals surface area (Å²) >= 11 is 0. The molecule has 0 radical (unpaired) electrons. The molecule has 138 valence electrons. The van der Waals surface area contributed by atoms with Crippen LogP contribution in [0.3, 0.4) is 0 Å². The second-order valence-electron chi connectivity index (χ2n) is 5.65. The molecule has 0 spiro atoms. The Balaban J connectivity index is 2.18. The minimum atomic E-state index is -4.65. The number of piperazine rings is 1. The van der Waals surface area contributed by atoms with Crippen molar-refractivity contribution in [2.75, 3.05) is 38.2 Å². The number of anilines is 1. The molecule has 1 fully saturated rings. The Morgan fingerprint density at radius 2 is 1.88 bits per heavy atom. The molecule has 1 aromatic rings. The minimum absolute atomic E-state index is 0.116. The molecule has 25 heavy (non-hydrogen) atoms. The summed E-state index contributed by atoms with van der Waals surface area (Å²) in [5.41, 5.74) is -1.55. The van der Waals surface area contributed by atoms with E-state index in [0.717, 1.165) is 12.1 Å². The molecule has 0 bridgehead atoms. The average molecular weight is 361 g/mol. The van der Waals surface area contributed by atoms with E-state index in [1.807, 2.05) is 0 Å². The molecule has 1 aliphatic rings. The van der Waals surface area contributed by atoms with Gasteiger partial charge in [-0.25, -0.2) is 0 Å². The Hall–Kier alpha value is -2.36. The number of hydrogen-bond donors (Lipinski definition) is 0. The summed E-state index contributed by atoms with van der Waals surface area (Å²) in [6.07, 6.45) is -5.24. The molecule has 1 saturated heterocycles. The first-order valence-corrected chi connectivity index (χ1v) is 7.57. The molecule has 0 aromatic heterocycles. The fourth-order valence-corrected chi connectivity index (χ4v) is 2.64. The highest BCUT2D eigenvalue weighted by Gasteiger charge is 2.34. The van der Waals surface area contributed by atoms with Gasteiger partial charge >= 0.3 is 6.18 Å². The molecular weight excluding hydrogens is 343 g/mol. The van der Waals surface area contributed by atoms with Gasteiger partial charge in [0, 0.05) is 39.4 Å². The van der Waals surface area contributed by atoms with Gasteiger partial charge in [-0.15, -0.1) is 0 Å². The molecule has 1 atom stereocenters. The van der Waals surface area contributed by atoms with Gasteiger partial charge in [-0.2, -0.15) is 13.2 Å². The van der Waals surface area contributed by atoms with E-state index < -0.39 is 28.5 Å². The summed E-state index contributed by atoms with van der Waals surface area (Å²) in [7, 11) is 1.42. The number of carbonyl (C=O) groups is 1. The summed E-state index contributed by atoms with van der Waals surface area (Å²) in [5, 5.41) is 11.2. The highest BCUT2D eigenvalue weighted by molar-refractivity contribution is 5.81. The van der Waals surface area contributed by atoms with Crippen LogP contribution in [0.1, 0.15) is 12.5 Å². The first kappa shape index (κ1) is 19.0. The van der Waals surface area contributed by atoms with E-state index in [4.69, 9.17) is 4.74 Å². The minimum Gasteiger partial charge on any atom is -0.372 e. The van der Waals surface area contributed by atoms with Crippen molar-refractivity contribution >= 4 is 17.3 Å². The Morgan fingerprint density at radius 3 is 2.36 bits per heavy atom. The standard InChI is InChI=1S/C15H18F3N3O4/c1-10(25-2)14(22)20-7-5-19(6-8-20)12-4-3-11(15(16,17)18)9-13(12)21(23)24/h3-4,9-10H,5-8H2,1-2H3. The van der Waals surface area contributed by atoms with Crippen LogP contribution in [0.25, 0.3) is 0 Å². The highest BCUT2D eigenvalue weighted by Crippen LogP contribution is 2.36. The van der Waals surface area contributed by atoms with Crippen molar-refractivity contribution in [3.8, 4) is 0 Å². The molecule has 7 nitrogen and oxygen atoms in total. The van der Waals surface area contributed by atoms with Gasteiger partial charge in [0.15, 0.2) is 0 Å². The van der Waals surface area contributed by atoms with Crippen molar-refractivity contribution in [2.24, 2.45) is 0 Å². The van der Waals surface area contributed by atoms with Crippen LogP contribution < -0.4 is 4.90 Å². The lowest BCUT2D eigenvalue weighted by Gasteiger charge is -2.36.